The van der Waals surface area contributed by atoms with Crippen LogP contribution in [0.3, 0.4) is 0 Å². The first-order valence-corrected chi connectivity index (χ1v) is 4.35. The first-order valence-electron chi connectivity index (χ1n) is 4.35. The lowest BCUT2D eigenvalue weighted by Crippen LogP contribution is -1.87. The fourth-order valence-corrected chi connectivity index (χ4v) is 1.15. The van der Waals surface area contributed by atoms with Crippen molar-refractivity contribution in [2.24, 2.45) is 5.73 Å². The van der Waals surface area contributed by atoms with Crippen LogP contribution in [0.2, 0.25) is 0 Å². The predicted octanol–water partition coefficient (Wildman–Crippen LogP) is 1.98. The largest absolute Gasteiger partial charge is 0.392 e. The van der Waals surface area contributed by atoms with E-state index < -0.39 is 0 Å². The van der Waals surface area contributed by atoms with Crippen LogP contribution in [0.25, 0.3) is 0 Å². The molecule has 14 heavy (non-hydrogen) atoms. The van der Waals surface area contributed by atoms with E-state index in [1.807, 2.05) is 36.4 Å². The molecule has 0 saturated carbocycles. The Labute approximate surface area is 83.3 Å². The molecule has 1 aromatic rings. The molecule has 1 nitrogen and oxygen atoms in total. The van der Waals surface area contributed by atoms with Crippen LogP contribution >= 0.6 is 0 Å². The second-order valence-electron chi connectivity index (χ2n) is 2.96. The van der Waals surface area contributed by atoms with E-state index in [9.17, 15) is 0 Å². The van der Waals surface area contributed by atoms with Gasteiger partial charge in [0.25, 0.3) is 0 Å². The maximum absolute atomic E-state index is 5.52. The lowest BCUT2D eigenvalue weighted by molar-refractivity contribution is 1.46. The predicted molar refractivity (Wildman–Crippen MR) is 57.2 cm³/mol. The molecule has 0 aromatic heterocycles. The van der Waals surface area contributed by atoms with Crippen molar-refractivity contribution in [3.8, 4) is 11.8 Å². The second-order valence-corrected chi connectivity index (χ2v) is 2.96. The quantitative estimate of drug-likeness (QED) is 0.478. The summed E-state index contributed by atoms with van der Waals surface area (Å²) in [7, 11) is 0. The molecule has 1 aromatic carbocycles. The molecule has 0 saturated heterocycles. The number of rotatable bonds is 0. The highest BCUT2D eigenvalue weighted by atomic mass is 14.6. The lowest BCUT2D eigenvalue weighted by Gasteiger charge is -1.86. The number of benzene rings is 1. The molecular weight excluding hydrogens is 170 g/mol. The fourth-order valence-electron chi connectivity index (χ4n) is 1.15. The van der Waals surface area contributed by atoms with Crippen LogP contribution in [0.15, 0.2) is 59.5 Å². The van der Waals surface area contributed by atoms with E-state index in [0.29, 0.717) is 5.70 Å². The average Bonchev–Trinajstić information content (AvgIpc) is 2.63. The molecule has 1 aliphatic carbocycles. The smallest absolute Gasteiger partial charge is 0.0760 e. The van der Waals surface area contributed by atoms with Crippen molar-refractivity contribution in [2.45, 2.75) is 0 Å². The highest BCUT2D eigenvalue weighted by Crippen LogP contribution is 2.05. The molecule has 0 spiro atoms. The molecule has 0 unspecified atom stereocenters. The molecule has 2 N–H and O–H groups in total. The summed E-state index contributed by atoms with van der Waals surface area (Å²) in [6.07, 6.45) is 3.61. The van der Waals surface area contributed by atoms with Gasteiger partial charge in [0.2, 0.25) is 0 Å². The zero-order chi connectivity index (χ0) is 9.80. The normalized spacial score (nSPS) is 12.9. The van der Waals surface area contributed by atoms with E-state index in [2.05, 4.69) is 17.6 Å². The van der Waals surface area contributed by atoms with E-state index in [1.165, 1.54) is 0 Å². The summed E-state index contributed by atoms with van der Waals surface area (Å²) in [5, 5.41) is 0. The van der Waals surface area contributed by atoms with E-state index in [4.69, 9.17) is 5.73 Å². The summed E-state index contributed by atoms with van der Waals surface area (Å²) in [5.74, 6) is 6.07. The molecule has 0 fully saturated rings. The molecule has 1 aliphatic rings. The Hall–Kier alpha value is -2.16. The summed E-state index contributed by atoms with van der Waals surface area (Å²) >= 11 is 0. The summed E-state index contributed by atoms with van der Waals surface area (Å²) in [5.41, 5.74) is 11.0. The van der Waals surface area contributed by atoms with Gasteiger partial charge < -0.3 is 5.73 Å². The van der Waals surface area contributed by atoms with E-state index >= 15 is 0 Å². The molecule has 1 heteroatoms. The van der Waals surface area contributed by atoms with Gasteiger partial charge in [0.05, 0.1) is 5.70 Å². The van der Waals surface area contributed by atoms with Gasteiger partial charge in [0.1, 0.15) is 0 Å². The molecule has 2 rings (SSSR count). The van der Waals surface area contributed by atoms with Crippen LogP contribution in [0.5, 0.6) is 0 Å². The van der Waals surface area contributed by atoms with Gasteiger partial charge in [-0.25, -0.2) is 0 Å². The topological polar surface area (TPSA) is 26.0 Å². The average molecular weight is 179 g/mol. The van der Waals surface area contributed by atoms with Gasteiger partial charge in [0, 0.05) is 11.1 Å². The number of allylic oxidation sites excluding steroid dienone is 2. The SMILES string of the molecule is NC1=C=CC(C#Cc2ccccc2)=C1. The highest BCUT2D eigenvalue weighted by Gasteiger charge is 1.93. The van der Waals surface area contributed by atoms with Gasteiger partial charge in [-0.2, -0.15) is 0 Å². The Balaban J connectivity index is 2.18. The Kier molecular flexibility index (Phi) is 2.23. The molecular formula is C13H9N. The van der Waals surface area contributed by atoms with Gasteiger partial charge in [-0.05, 0) is 24.3 Å². The van der Waals surface area contributed by atoms with Crippen molar-refractivity contribution in [1.82, 2.24) is 0 Å². The molecule has 0 radical (unpaired) electrons. The van der Waals surface area contributed by atoms with Gasteiger partial charge in [0.15, 0.2) is 0 Å². The summed E-state index contributed by atoms with van der Waals surface area (Å²) in [6.45, 7) is 0. The minimum atomic E-state index is 0.641. The lowest BCUT2D eigenvalue weighted by atomic mass is 10.2. The van der Waals surface area contributed by atoms with Gasteiger partial charge in [-0.15, -0.1) is 0 Å². The zero-order valence-corrected chi connectivity index (χ0v) is 7.62. The van der Waals surface area contributed by atoms with E-state index in [1.54, 1.807) is 6.08 Å². The second kappa shape index (κ2) is 3.70. The molecule has 0 amide bonds. The number of hydrogen-bond acceptors (Lipinski definition) is 1. The number of nitrogens with two attached hydrogens (primary N) is 1. The van der Waals surface area contributed by atoms with Crippen molar-refractivity contribution >= 4 is 0 Å². The Morgan fingerprint density at radius 3 is 2.50 bits per heavy atom. The van der Waals surface area contributed by atoms with Crippen LogP contribution < -0.4 is 5.73 Å². The Morgan fingerprint density at radius 1 is 1.07 bits per heavy atom. The molecule has 66 valence electrons. The molecule has 0 aliphatic heterocycles. The van der Waals surface area contributed by atoms with Crippen LogP contribution in [0.4, 0.5) is 0 Å². The third-order valence-electron chi connectivity index (χ3n) is 1.83. The maximum atomic E-state index is 5.52. The summed E-state index contributed by atoms with van der Waals surface area (Å²) in [4.78, 5) is 0. The minimum absolute atomic E-state index is 0.641. The third-order valence-corrected chi connectivity index (χ3v) is 1.83. The van der Waals surface area contributed by atoms with Crippen LogP contribution in [0, 0.1) is 11.8 Å². The Bertz CT molecular complexity index is 489. The van der Waals surface area contributed by atoms with Gasteiger partial charge in [-0.3, -0.25) is 0 Å². The summed E-state index contributed by atoms with van der Waals surface area (Å²) in [6, 6.07) is 9.86. The highest BCUT2D eigenvalue weighted by molar-refractivity contribution is 5.50. The van der Waals surface area contributed by atoms with Crippen molar-refractivity contribution < 1.29 is 0 Å². The van der Waals surface area contributed by atoms with Crippen LogP contribution in [-0.2, 0) is 0 Å². The van der Waals surface area contributed by atoms with Crippen molar-refractivity contribution in [2.75, 3.05) is 0 Å². The maximum Gasteiger partial charge on any atom is 0.0760 e. The van der Waals surface area contributed by atoms with Crippen LogP contribution in [-0.4, -0.2) is 0 Å². The summed E-state index contributed by atoms with van der Waals surface area (Å²) < 4.78 is 0. The first kappa shape index (κ1) is 8.44. The molecule has 0 bridgehead atoms. The Morgan fingerprint density at radius 2 is 1.86 bits per heavy atom. The first-order chi connectivity index (χ1) is 6.84. The fraction of sp³-hybridized carbons (Fsp3) is 0. The van der Waals surface area contributed by atoms with Crippen molar-refractivity contribution in [3.63, 3.8) is 0 Å². The standard InChI is InChI=1S/C13H9N/c14-13-9-8-12(10-13)7-6-11-4-2-1-3-5-11/h1-5,8,10H,14H2. The van der Waals surface area contributed by atoms with Crippen LogP contribution in [0.1, 0.15) is 5.56 Å². The third kappa shape index (κ3) is 1.95. The molecule has 0 heterocycles. The minimum Gasteiger partial charge on any atom is -0.392 e. The van der Waals surface area contributed by atoms with Gasteiger partial charge >= 0.3 is 0 Å². The zero-order valence-electron chi connectivity index (χ0n) is 7.62. The van der Waals surface area contributed by atoms with E-state index in [-0.39, 0.29) is 0 Å². The van der Waals surface area contributed by atoms with E-state index in [0.717, 1.165) is 11.1 Å². The monoisotopic (exact) mass is 179 g/mol. The number of hydrogen-bond donors (Lipinski definition) is 1. The van der Waals surface area contributed by atoms with Gasteiger partial charge in [-0.1, -0.05) is 35.8 Å². The van der Waals surface area contributed by atoms with Crippen molar-refractivity contribution in [3.05, 3.63) is 65.0 Å². The van der Waals surface area contributed by atoms with Crippen molar-refractivity contribution in [1.29, 1.82) is 0 Å². The molecule has 0 atom stereocenters.